The number of esters is 2. The Hall–Kier alpha value is -1.10. The van der Waals surface area contributed by atoms with E-state index in [4.69, 9.17) is 9.47 Å². The first-order valence-electron chi connectivity index (χ1n) is 15.3. The van der Waals surface area contributed by atoms with Crippen molar-refractivity contribution >= 4 is 11.9 Å². The lowest BCUT2D eigenvalue weighted by Crippen LogP contribution is -2.33. The van der Waals surface area contributed by atoms with Crippen LogP contribution in [0.3, 0.4) is 0 Å². The second kappa shape index (κ2) is 24.6. The summed E-state index contributed by atoms with van der Waals surface area (Å²) < 4.78 is 10.9. The van der Waals surface area contributed by atoms with Crippen molar-refractivity contribution in [3.63, 3.8) is 0 Å². The topological polar surface area (TPSA) is 55.8 Å². The molecule has 0 unspecified atom stereocenters. The zero-order valence-corrected chi connectivity index (χ0v) is 23.2. The number of cyclic esters (lactones) is 2. The average Bonchev–Trinajstić information content (AvgIpc) is 2.85. The number of hydrogen-bond donors (Lipinski definition) is 0. The lowest BCUT2D eigenvalue weighted by atomic mass is 10.0. The highest BCUT2D eigenvalue weighted by molar-refractivity contribution is 5.69. The Balaban J connectivity index is 2.12. The van der Waals surface area contributed by atoms with Gasteiger partial charge in [-0.25, -0.2) is 0 Å². The zero-order chi connectivity index (χ0) is 25.2. The second-order valence-electron chi connectivity index (χ2n) is 10.5. The number of rotatable bonds is 15. The third-order valence-electron chi connectivity index (χ3n) is 7.18. The van der Waals surface area contributed by atoms with Gasteiger partial charge in [0.1, 0.15) is 13.2 Å². The van der Waals surface area contributed by atoms with Crippen LogP contribution in [-0.2, 0) is 19.1 Å². The summed E-state index contributed by atoms with van der Waals surface area (Å²) in [5, 5.41) is 0. The molecule has 1 aliphatic rings. The summed E-state index contributed by atoms with van der Waals surface area (Å²) in [4.78, 5) is 26.2. The highest BCUT2D eigenvalue weighted by Crippen LogP contribution is 2.13. The van der Waals surface area contributed by atoms with Crippen LogP contribution >= 0.6 is 0 Å². The average molecular weight is 496 g/mol. The first kappa shape index (κ1) is 31.9. The maximum Gasteiger partial charge on any atom is 0.305 e. The molecule has 1 rings (SSSR count). The number of carbonyl (C=O) groups excluding carboxylic acids is 2. The second-order valence-corrected chi connectivity index (χ2v) is 10.5. The molecule has 0 N–H and O–H groups in total. The monoisotopic (exact) mass is 495 g/mol. The molecule has 0 saturated carbocycles. The van der Waals surface area contributed by atoms with Crippen molar-refractivity contribution in [2.45, 2.75) is 148 Å². The molecule has 0 aromatic rings. The molecule has 5 nitrogen and oxygen atoms in total. The van der Waals surface area contributed by atoms with Gasteiger partial charge >= 0.3 is 11.9 Å². The van der Waals surface area contributed by atoms with Crippen LogP contribution in [0, 0.1) is 0 Å². The minimum Gasteiger partial charge on any atom is -0.464 e. The van der Waals surface area contributed by atoms with E-state index in [1.165, 1.54) is 83.5 Å². The lowest BCUT2D eigenvalue weighted by Gasteiger charge is -2.22. The van der Waals surface area contributed by atoms with Crippen molar-refractivity contribution in [2.75, 3.05) is 32.8 Å². The molecule has 0 bridgehead atoms. The van der Waals surface area contributed by atoms with Gasteiger partial charge in [0.2, 0.25) is 0 Å². The van der Waals surface area contributed by atoms with Crippen LogP contribution in [-0.4, -0.2) is 49.7 Å². The number of hydrogen-bond acceptors (Lipinski definition) is 5. The molecule has 35 heavy (non-hydrogen) atoms. The molecule has 1 heterocycles. The van der Waals surface area contributed by atoms with Crippen molar-refractivity contribution in [1.29, 1.82) is 0 Å². The summed E-state index contributed by atoms with van der Waals surface area (Å²) in [6.07, 6.45) is 26.3. The molecule has 1 saturated heterocycles. The van der Waals surface area contributed by atoms with Gasteiger partial charge in [0.25, 0.3) is 0 Å². The largest absolute Gasteiger partial charge is 0.464 e. The molecule has 0 spiro atoms. The molecule has 206 valence electrons. The van der Waals surface area contributed by atoms with E-state index >= 15 is 0 Å². The molecule has 0 atom stereocenters. The fourth-order valence-electron chi connectivity index (χ4n) is 4.83. The maximum absolute atomic E-state index is 12.0. The van der Waals surface area contributed by atoms with E-state index in [0.29, 0.717) is 26.1 Å². The van der Waals surface area contributed by atoms with Crippen molar-refractivity contribution in [2.24, 2.45) is 0 Å². The van der Waals surface area contributed by atoms with Gasteiger partial charge in [0.05, 0.1) is 0 Å². The Kier molecular flexibility index (Phi) is 22.4. The predicted octanol–water partition coefficient (Wildman–Crippen LogP) is 7.99. The minimum absolute atomic E-state index is 0.0720. The molecule has 0 aromatic heterocycles. The quantitative estimate of drug-likeness (QED) is 0.170. The SMILES string of the molecule is CCCCCCCCCCCCCCCCN1CCOC(=O)CCCCCCCCC(=O)OCC1. The van der Waals surface area contributed by atoms with E-state index in [9.17, 15) is 9.59 Å². The van der Waals surface area contributed by atoms with Crippen molar-refractivity contribution < 1.29 is 19.1 Å². The van der Waals surface area contributed by atoms with Crippen molar-refractivity contribution in [3.8, 4) is 0 Å². The van der Waals surface area contributed by atoms with E-state index in [1.54, 1.807) is 0 Å². The number of nitrogens with zero attached hydrogens (tertiary/aromatic N) is 1. The van der Waals surface area contributed by atoms with E-state index in [-0.39, 0.29) is 11.9 Å². The Morgan fingerprint density at radius 3 is 1.34 bits per heavy atom. The minimum atomic E-state index is -0.0720. The van der Waals surface area contributed by atoms with E-state index in [0.717, 1.165) is 64.6 Å². The van der Waals surface area contributed by atoms with Crippen LogP contribution in [0.1, 0.15) is 148 Å². The fraction of sp³-hybridized carbons (Fsp3) is 0.933. The van der Waals surface area contributed by atoms with Gasteiger partial charge in [-0.1, -0.05) is 116 Å². The zero-order valence-electron chi connectivity index (χ0n) is 23.2. The standard InChI is InChI=1S/C30H57NO4/c1-2-3-4-5-6-7-8-9-10-11-12-15-18-21-24-31-25-27-34-29(32)22-19-16-13-14-17-20-23-30(33)35-28-26-31/h2-28H2,1H3. The van der Waals surface area contributed by atoms with Crippen LogP contribution in [0.5, 0.6) is 0 Å². The molecule has 0 aliphatic carbocycles. The third-order valence-corrected chi connectivity index (χ3v) is 7.18. The van der Waals surface area contributed by atoms with Crippen LogP contribution in [0.2, 0.25) is 0 Å². The summed E-state index contributed by atoms with van der Waals surface area (Å²) in [7, 11) is 0. The molecular weight excluding hydrogens is 438 g/mol. The van der Waals surface area contributed by atoms with Crippen molar-refractivity contribution in [1.82, 2.24) is 4.90 Å². The highest BCUT2D eigenvalue weighted by Gasteiger charge is 2.10. The molecule has 5 heteroatoms. The summed E-state index contributed by atoms with van der Waals surface area (Å²) >= 11 is 0. The molecule has 1 fully saturated rings. The number of carbonyl (C=O) groups is 2. The third kappa shape index (κ3) is 21.9. The first-order chi connectivity index (χ1) is 17.2. The molecule has 1 aliphatic heterocycles. The van der Waals surface area contributed by atoms with Crippen LogP contribution < -0.4 is 0 Å². The molecule has 0 radical (unpaired) electrons. The van der Waals surface area contributed by atoms with Gasteiger partial charge in [-0.05, 0) is 25.8 Å². The van der Waals surface area contributed by atoms with Crippen LogP contribution in [0.25, 0.3) is 0 Å². The number of unbranched alkanes of at least 4 members (excludes halogenated alkanes) is 13. The smallest absolute Gasteiger partial charge is 0.305 e. The van der Waals surface area contributed by atoms with Gasteiger partial charge in [-0.2, -0.15) is 0 Å². The summed E-state index contributed by atoms with van der Waals surface area (Å²) in [5.74, 6) is -0.144. The predicted molar refractivity (Wildman–Crippen MR) is 146 cm³/mol. The van der Waals surface area contributed by atoms with Crippen LogP contribution in [0.4, 0.5) is 0 Å². The summed E-state index contributed by atoms with van der Waals surface area (Å²) in [6, 6.07) is 0. The fourth-order valence-corrected chi connectivity index (χ4v) is 4.83. The lowest BCUT2D eigenvalue weighted by molar-refractivity contribution is -0.144. The van der Waals surface area contributed by atoms with Gasteiger partial charge in [-0.15, -0.1) is 0 Å². The Morgan fingerprint density at radius 1 is 0.543 bits per heavy atom. The highest BCUT2D eigenvalue weighted by atomic mass is 16.5. The Labute approximate surface area is 217 Å². The molecule has 0 amide bonds. The summed E-state index contributed by atoms with van der Waals surface area (Å²) in [6.45, 7) is 5.58. The van der Waals surface area contributed by atoms with E-state index in [1.807, 2.05) is 0 Å². The van der Waals surface area contributed by atoms with Gasteiger partial charge in [0, 0.05) is 25.9 Å². The van der Waals surface area contributed by atoms with Crippen LogP contribution in [0.15, 0.2) is 0 Å². The molecular formula is C30H57NO4. The maximum atomic E-state index is 12.0. The van der Waals surface area contributed by atoms with Gasteiger partial charge < -0.3 is 9.47 Å². The Bertz CT molecular complexity index is 469. The normalized spacial score (nSPS) is 18.1. The first-order valence-corrected chi connectivity index (χ1v) is 15.3. The molecule has 0 aromatic carbocycles. The van der Waals surface area contributed by atoms with Gasteiger partial charge in [0.15, 0.2) is 0 Å². The van der Waals surface area contributed by atoms with Gasteiger partial charge in [-0.3, -0.25) is 14.5 Å². The summed E-state index contributed by atoms with van der Waals surface area (Å²) in [5.41, 5.74) is 0. The Morgan fingerprint density at radius 2 is 0.914 bits per heavy atom. The number of ether oxygens (including phenoxy) is 2. The van der Waals surface area contributed by atoms with Crippen molar-refractivity contribution in [3.05, 3.63) is 0 Å². The van der Waals surface area contributed by atoms with E-state index < -0.39 is 0 Å². The van der Waals surface area contributed by atoms with E-state index in [2.05, 4.69) is 11.8 Å².